The van der Waals surface area contributed by atoms with E-state index in [0.29, 0.717) is 41.5 Å². The zero-order valence-electron chi connectivity index (χ0n) is 23.1. The van der Waals surface area contributed by atoms with Crippen molar-refractivity contribution in [1.82, 2.24) is 19.7 Å². The van der Waals surface area contributed by atoms with Crippen LogP contribution < -0.4 is 19.5 Å². The van der Waals surface area contributed by atoms with Gasteiger partial charge >= 0.3 is 0 Å². The molecule has 0 saturated heterocycles. The fraction of sp³-hybridized carbons (Fsp3) is 0.367. The molecule has 0 spiro atoms. The van der Waals surface area contributed by atoms with Crippen molar-refractivity contribution in [3.63, 3.8) is 0 Å². The molecule has 0 amide bonds. The number of sulfonamides is 1. The van der Waals surface area contributed by atoms with Gasteiger partial charge in [0.2, 0.25) is 15.9 Å². The van der Waals surface area contributed by atoms with Crippen LogP contribution in [0, 0.1) is 0 Å². The molecule has 0 bridgehead atoms. The number of ether oxygens (including phenoxy) is 2. The topological polar surface area (TPSA) is 115 Å². The predicted molar refractivity (Wildman–Crippen MR) is 154 cm³/mol. The lowest BCUT2D eigenvalue weighted by molar-refractivity contribution is 0.221. The maximum atomic E-state index is 14.3. The highest BCUT2D eigenvalue weighted by Gasteiger charge is 2.33. The predicted octanol–water partition coefficient (Wildman–Crippen LogP) is 5.31. The molecule has 2 aliphatic rings. The third-order valence-electron chi connectivity index (χ3n) is 7.29. The number of halogens is 1. The third-order valence-corrected chi connectivity index (χ3v) is 8.82. The van der Waals surface area contributed by atoms with Gasteiger partial charge in [-0.25, -0.2) is 22.5 Å². The van der Waals surface area contributed by atoms with Crippen molar-refractivity contribution in [3.05, 3.63) is 71.9 Å². The SMILES string of the molecule is COc1cc(Oc2cncc(N[C@@H]3Cc4cc5cnc(C6CC6)cc5c(S(=O)(=O)NCC(C)(C)F)c4C3)c2)ccn1. The lowest BCUT2D eigenvalue weighted by Gasteiger charge is -2.18. The van der Waals surface area contributed by atoms with Crippen LogP contribution in [0.1, 0.15) is 49.4 Å². The van der Waals surface area contributed by atoms with Gasteiger partial charge in [0.1, 0.15) is 17.2 Å². The molecule has 0 unspecified atom stereocenters. The first-order valence-corrected chi connectivity index (χ1v) is 15.1. The molecule has 4 aromatic rings. The molecule has 3 aromatic heterocycles. The number of alkyl halides is 1. The van der Waals surface area contributed by atoms with Gasteiger partial charge in [0.25, 0.3) is 0 Å². The van der Waals surface area contributed by atoms with Gasteiger partial charge in [0, 0.05) is 59.5 Å². The van der Waals surface area contributed by atoms with E-state index < -0.39 is 15.7 Å². The highest BCUT2D eigenvalue weighted by atomic mass is 32.2. The minimum absolute atomic E-state index is 0.0812. The van der Waals surface area contributed by atoms with Crippen molar-refractivity contribution in [3.8, 4) is 17.4 Å². The summed E-state index contributed by atoms with van der Waals surface area (Å²) in [5.41, 5.74) is 1.64. The number of hydrogen-bond acceptors (Lipinski definition) is 8. The zero-order valence-corrected chi connectivity index (χ0v) is 24.0. The lowest BCUT2D eigenvalue weighted by Crippen LogP contribution is -2.36. The van der Waals surface area contributed by atoms with Crippen molar-refractivity contribution < 1.29 is 22.3 Å². The van der Waals surface area contributed by atoms with Crippen molar-refractivity contribution in [2.24, 2.45) is 0 Å². The smallest absolute Gasteiger partial charge is 0.241 e. The van der Waals surface area contributed by atoms with Gasteiger partial charge in [-0.05, 0) is 68.9 Å². The normalized spacial score (nSPS) is 16.9. The summed E-state index contributed by atoms with van der Waals surface area (Å²) in [7, 11) is -2.46. The van der Waals surface area contributed by atoms with E-state index in [9.17, 15) is 12.8 Å². The second kappa shape index (κ2) is 10.5. The van der Waals surface area contributed by atoms with E-state index >= 15 is 0 Å². The van der Waals surface area contributed by atoms with Gasteiger partial charge in [0.15, 0.2) is 0 Å². The first kappa shape index (κ1) is 27.3. The number of aromatic nitrogens is 3. The molecule has 6 rings (SSSR count). The fourth-order valence-corrected chi connectivity index (χ4v) is 6.89. The number of rotatable bonds is 10. The molecule has 1 fully saturated rings. The van der Waals surface area contributed by atoms with E-state index in [4.69, 9.17) is 9.47 Å². The van der Waals surface area contributed by atoms with Gasteiger partial charge in [-0.3, -0.25) is 9.97 Å². The minimum Gasteiger partial charge on any atom is -0.481 e. The second-order valence-electron chi connectivity index (χ2n) is 11.3. The Morgan fingerprint density at radius 2 is 1.88 bits per heavy atom. The van der Waals surface area contributed by atoms with Crippen LogP contribution in [-0.4, -0.2) is 48.7 Å². The molecule has 2 aliphatic carbocycles. The summed E-state index contributed by atoms with van der Waals surface area (Å²) in [4.78, 5) is 13.2. The summed E-state index contributed by atoms with van der Waals surface area (Å²) in [5.74, 6) is 1.90. The summed E-state index contributed by atoms with van der Waals surface area (Å²) in [6.45, 7) is 2.40. The second-order valence-corrected chi connectivity index (χ2v) is 13.0. The molecule has 41 heavy (non-hydrogen) atoms. The Bertz CT molecular complexity index is 1720. The van der Waals surface area contributed by atoms with Crippen LogP contribution in [0.15, 0.2) is 60.0 Å². The average Bonchev–Trinajstić information content (AvgIpc) is 3.71. The van der Waals surface area contributed by atoms with E-state index in [1.807, 2.05) is 18.2 Å². The largest absolute Gasteiger partial charge is 0.481 e. The highest BCUT2D eigenvalue weighted by molar-refractivity contribution is 7.89. The van der Waals surface area contributed by atoms with Gasteiger partial charge in [0.05, 0.1) is 30.1 Å². The molecular weight excluding hydrogens is 545 g/mol. The molecule has 11 heteroatoms. The molecule has 3 heterocycles. The van der Waals surface area contributed by atoms with Crippen molar-refractivity contribution >= 4 is 26.5 Å². The number of pyridine rings is 3. The Kier molecular flexibility index (Phi) is 7.03. The first-order valence-electron chi connectivity index (χ1n) is 13.6. The fourth-order valence-electron chi connectivity index (χ4n) is 5.21. The summed E-state index contributed by atoms with van der Waals surface area (Å²) in [6.07, 6.45) is 9.88. The lowest BCUT2D eigenvalue weighted by atomic mass is 10.0. The van der Waals surface area contributed by atoms with E-state index in [2.05, 4.69) is 25.0 Å². The van der Waals surface area contributed by atoms with Gasteiger partial charge in [-0.15, -0.1) is 0 Å². The molecule has 2 N–H and O–H groups in total. The summed E-state index contributed by atoms with van der Waals surface area (Å²) < 4.78 is 55.4. The Hall–Kier alpha value is -3.83. The van der Waals surface area contributed by atoms with Crippen molar-refractivity contribution in [2.75, 3.05) is 19.0 Å². The zero-order chi connectivity index (χ0) is 28.8. The third kappa shape index (κ3) is 6.11. The van der Waals surface area contributed by atoms with E-state index in [1.54, 1.807) is 36.9 Å². The van der Waals surface area contributed by atoms with Crippen LogP contribution in [0.25, 0.3) is 10.8 Å². The van der Waals surface area contributed by atoms with Gasteiger partial charge in [-0.1, -0.05) is 0 Å². The van der Waals surface area contributed by atoms with Crippen molar-refractivity contribution in [2.45, 2.75) is 62.1 Å². The number of hydrogen-bond donors (Lipinski definition) is 2. The van der Waals surface area contributed by atoms with E-state index in [0.717, 1.165) is 40.7 Å². The Morgan fingerprint density at radius 1 is 1.05 bits per heavy atom. The molecule has 0 radical (unpaired) electrons. The van der Waals surface area contributed by atoms with Crippen LogP contribution in [0.3, 0.4) is 0 Å². The molecule has 1 atom stereocenters. The summed E-state index contributed by atoms with van der Waals surface area (Å²) >= 11 is 0. The Labute approximate surface area is 238 Å². The van der Waals surface area contributed by atoms with E-state index in [-0.39, 0.29) is 17.5 Å². The summed E-state index contributed by atoms with van der Waals surface area (Å²) in [5, 5.41) is 4.89. The number of fused-ring (bicyclic) bond motifs is 2. The Morgan fingerprint density at radius 3 is 2.63 bits per heavy atom. The average molecular weight is 578 g/mol. The molecule has 1 aromatic carbocycles. The minimum atomic E-state index is -4.00. The van der Waals surface area contributed by atoms with Crippen LogP contribution in [-0.2, 0) is 22.9 Å². The maximum Gasteiger partial charge on any atom is 0.241 e. The van der Waals surface area contributed by atoms with Crippen LogP contribution >= 0.6 is 0 Å². The number of nitrogens with zero attached hydrogens (tertiary/aromatic N) is 3. The maximum absolute atomic E-state index is 14.3. The van der Waals surface area contributed by atoms with Crippen LogP contribution in [0.5, 0.6) is 17.4 Å². The first-order chi connectivity index (χ1) is 19.6. The number of nitrogens with one attached hydrogen (secondary N) is 2. The molecule has 1 saturated carbocycles. The van der Waals surface area contributed by atoms with Crippen LogP contribution in [0.2, 0.25) is 0 Å². The number of methoxy groups -OCH3 is 1. The van der Waals surface area contributed by atoms with E-state index in [1.165, 1.54) is 21.0 Å². The standard InChI is InChI=1S/C30H32FN5O4S/c1-30(2,31)17-35-41(37,38)29-25-11-21(9-19(25)8-20-14-34-27(13-26(20)29)18-4-5-18)36-22-10-24(16-32-15-22)40-23-6-7-33-28(12-23)39-3/h6-8,10,12-16,18,21,35-36H,4-5,9,11,17H2,1-3H3/t21-/m1/s1. The van der Waals surface area contributed by atoms with Gasteiger partial charge < -0.3 is 14.8 Å². The van der Waals surface area contributed by atoms with Crippen molar-refractivity contribution in [1.29, 1.82) is 0 Å². The number of benzene rings is 1. The summed E-state index contributed by atoms with van der Waals surface area (Å²) in [6, 6.07) is 9.10. The molecule has 214 valence electrons. The van der Waals surface area contributed by atoms with Crippen LogP contribution in [0.4, 0.5) is 10.1 Å². The highest BCUT2D eigenvalue weighted by Crippen LogP contribution is 2.42. The van der Waals surface area contributed by atoms with Gasteiger partial charge in [-0.2, -0.15) is 0 Å². The Balaban J connectivity index is 1.29. The quantitative estimate of drug-likeness (QED) is 0.261. The molecular formula is C30H32FN5O4S. The molecule has 9 nitrogen and oxygen atoms in total. The monoisotopic (exact) mass is 577 g/mol. The molecule has 0 aliphatic heterocycles. The number of anilines is 1.